The zero-order valence-corrected chi connectivity index (χ0v) is 20.8. The van der Waals surface area contributed by atoms with Gasteiger partial charge in [0.15, 0.2) is 11.7 Å². The number of aromatic nitrogens is 1. The summed E-state index contributed by atoms with van der Waals surface area (Å²) in [4.78, 5) is 17.0. The molecule has 3 rings (SSSR count). The minimum Gasteiger partial charge on any atom is -0.441 e. The van der Waals surface area contributed by atoms with Crippen molar-refractivity contribution < 1.29 is 17.6 Å². The number of aryl methyl sites for hydroxylation is 2. The fourth-order valence-electron chi connectivity index (χ4n) is 3.46. The molecule has 0 fully saturated rings. The van der Waals surface area contributed by atoms with E-state index in [1.54, 1.807) is 32.2 Å². The van der Waals surface area contributed by atoms with Gasteiger partial charge in [-0.3, -0.25) is 4.79 Å². The van der Waals surface area contributed by atoms with Gasteiger partial charge in [-0.15, -0.1) is 0 Å². The molecule has 0 unspecified atom stereocenters. The summed E-state index contributed by atoms with van der Waals surface area (Å²) in [5, 5.41) is 3.40. The second-order valence-corrected chi connectivity index (χ2v) is 9.99. The van der Waals surface area contributed by atoms with Crippen molar-refractivity contribution in [3.63, 3.8) is 0 Å². The van der Waals surface area contributed by atoms with E-state index in [2.05, 4.69) is 10.3 Å². The van der Waals surface area contributed by atoms with Gasteiger partial charge in [-0.05, 0) is 49.2 Å². The highest BCUT2D eigenvalue weighted by atomic mass is 35.5. The predicted octanol–water partition coefficient (Wildman–Crippen LogP) is 5.21. The van der Waals surface area contributed by atoms with E-state index in [0.29, 0.717) is 41.9 Å². The van der Waals surface area contributed by atoms with Crippen LogP contribution >= 0.6 is 11.6 Å². The Morgan fingerprint density at radius 1 is 1.15 bits per heavy atom. The van der Waals surface area contributed by atoms with Gasteiger partial charge in [0.25, 0.3) is 0 Å². The third-order valence-electron chi connectivity index (χ3n) is 5.52. The number of nitrogens with zero attached hydrogens (tertiary/aromatic N) is 2. The highest BCUT2D eigenvalue weighted by molar-refractivity contribution is 7.89. The van der Waals surface area contributed by atoms with E-state index in [9.17, 15) is 13.2 Å². The topological polar surface area (TPSA) is 92.5 Å². The maximum atomic E-state index is 12.9. The predicted molar refractivity (Wildman–Crippen MR) is 130 cm³/mol. The molecule has 0 aliphatic rings. The summed E-state index contributed by atoms with van der Waals surface area (Å²) in [5.41, 5.74) is 2.82. The molecule has 0 saturated heterocycles. The summed E-state index contributed by atoms with van der Waals surface area (Å²) in [7, 11) is -3.63. The Kier molecular flexibility index (Phi) is 7.94. The lowest BCUT2D eigenvalue weighted by molar-refractivity contribution is -0.116. The van der Waals surface area contributed by atoms with Crippen LogP contribution in [-0.4, -0.2) is 36.7 Å². The molecule has 7 nitrogen and oxygen atoms in total. The molecule has 0 aliphatic heterocycles. The normalized spacial score (nSPS) is 11.7. The number of carbonyl (C=O) groups excluding carboxylic acids is 1. The van der Waals surface area contributed by atoms with Gasteiger partial charge in [-0.2, -0.15) is 4.31 Å². The molecule has 1 amide bonds. The highest BCUT2D eigenvalue weighted by Crippen LogP contribution is 2.29. The molecule has 1 aromatic heterocycles. The molecule has 0 saturated carbocycles. The number of nitrogens with one attached hydrogen (secondary N) is 1. The third kappa shape index (κ3) is 5.63. The van der Waals surface area contributed by atoms with E-state index >= 15 is 0 Å². The molecule has 2 aromatic carbocycles. The number of anilines is 1. The van der Waals surface area contributed by atoms with Crippen LogP contribution < -0.4 is 5.32 Å². The van der Waals surface area contributed by atoms with Crippen molar-refractivity contribution in [3.8, 4) is 11.3 Å². The molecular formula is C24H28ClN3O4S. The molecule has 0 atom stereocenters. The average Bonchev–Trinajstić information content (AvgIpc) is 3.25. The molecule has 176 valence electrons. The van der Waals surface area contributed by atoms with Crippen LogP contribution in [0.5, 0.6) is 0 Å². The average molecular weight is 490 g/mol. The lowest BCUT2D eigenvalue weighted by atomic mass is 10.1. The van der Waals surface area contributed by atoms with Gasteiger partial charge < -0.3 is 9.73 Å². The van der Waals surface area contributed by atoms with E-state index in [0.717, 1.165) is 16.7 Å². The quantitative estimate of drug-likeness (QED) is 0.445. The first-order valence-electron chi connectivity index (χ1n) is 10.8. The number of halogens is 1. The summed E-state index contributed by atoms with van der Waals surface area (Å²) < 4.78 is 33.0. The third-order valence-corrected chi connectivity index (χ3v) is 7.87. The van der Waals surface area contributed by atoms with E-state index in [1.807, 2.05) is 32.0 Å². The number of sulfonamides is 1. The summed E-state index contributed by atoms with van der Waals surface area (Å²) >= 11 is 6.20. The second kappa shape index (κ2) is 10.5. The van der Waals surface area contributed by atoms with Gasteiger partial charge in [-0.1, -0.05) is 37.6 Å². The summed E-state index contributed by atoms with van der Waals surface area (Å²) in [6.07, 6.45) is 2.02. The monoisotopic (exact) mass is 489 g/mol. The Morgan fingerprint density at radius 3 is 2.52 bits per heavy atom. The van der Waals surface area contributed by atoms with E-state index < -0.39 is 10.0 Å². The molecule has 0 bridgehead atoms. The van der Waals surface area contributed by atoms with Crippen LogP contribution in [0, 0.1) is 13.8 Å². The first-order valence-corrected chi connectivity index (χ1v) is 12.6. The fraction of sp³-hybridized carbons (Fsp3) is 0.333. The second-order valence-electron chi connectivity index (χ2n) is 7.65. The number of benzene rings is 2. The van der Waals surface area contributed by atoms with Crippen LogP contribution in [0.25, 0.3) is 11.3 Å². The number of hydrogen-bond donors (Lipinski definition) is 1. The summed E-state index contributed by atoms with van der Waals surface area (Å²) in [6.45, 7) is 8.02. The van der Waals surface area contributed by atoms with Crippen molar-refractivity contribution in [2.75, 3.05) is 18.4 Å². The molecular weight excluding hydrogens is 462 g/mol. The highest BCUT2D eigenvalue weighted by Gasteiger charge is 2.23. The van der Waals surface area contributed by atoms with Gasteiger partial charge in [0.05, 0.1) is 16.1 Å². The van der Waals surface area contributed by atoms with Crippen molar-refractivity contribution in [2.45, 2.75) is 45.4 Å². The van der Waals surface area contributed by atoms with Crippen LogP contribution in [0.1, 0.15) is 37.3 Å². The first kappa shape index (κ1) is 25.0. The van der Waals surface area contributed by atoms with Crippen LogP contribution in [0.2, 0.25) is 5.02 Å². The Balaban J connectivity index is 1.72. The Labute approximate surface area is 199 Å². The number of amides is 1. The van der Waals surface area contributed by atoms with Crippen molar-refractivity contribution in [3.05, 3.63) is 64.6 Å². The van der Waals surface area contributed by atoms with Crippen LogP contribution in [0.15, 0.2) is 51.9 Å². The first-order chi connectivity index (χ1) is 15.7. The van der Waals surface area contributed by atoms with Gasteiger partial charge in [0.2, 0.25) is 15.9 Å². The minimum absolute atomic E-state index is 0.133. The lowest BCUT2D eigenvalue weighted by Gasteiger charge is -2.20. The van der Waals surface area contributed by atoms with E-state index in [-0.39, 0.29) is 17.2 Å². The van der Waals surface area contributed by atoms with Crippen LogP contribution in [0.4, 0.5) is 5.69 Å². The zero-order chi connectivity index (χ0) is 24.2. The molecule has 9 heteroatoms. The molecule has 33 heavy (non-hydrogen) atoms. The molecule has 1 heterocycles. The number of rotatable bonds is 9. The molecule has 0 aliphatic carbocycles. The van der Waals surface area contributed by atoms with Crippen LogP contribution in [-0.2, 0) is 21.2 Å². The Morgan fingerprint density at radius 2 is 1.85 bits per heavy atom. The molecule has 3 aromatic rings. The standard InChI is InChI=1S/C24H28ClN3O4S/c1-5-28(6-2)33(30,31)18-13-16(3)17(4)21(14-18)27-23(29)11-12-24-26-15-22(32-24)19-9-7-8-10-20(19)25/h7-10,13-15H,5-6,11-12H2,1-4H3,(H,27,29). The van der Waals surface area contributed by atoms with Gasteiger partial charge in [0.1, 0.15) is 0 Å². The number of hydrogen-bond acceptors (Lipinski definition) is 5. The molecule has 0 radical (unpaired) electrons. The number of oxazole rings is 1. The van der Waals surface area contributed by atoms with E-state index in [1.165, 1.54) is 10.4 Å². The van der Waals surface area contributed by atoms with Crippen molar-refractivity contribution in [1.82, 2.24) is 9.29 Å². The maximum Gasteiger partial charge on any atom is 0.243 e. The Bertz CT molecular complexity index is 1250. The van der Waals surface area contributed by atoms with E-state index in [4.69, 9.17) is 16.0 Å². The lowest BCUT2D eigenvalue weighted by Crippen LogP contribution is -2.30. The summed E-state index contributed by atoms with van der Waals surface area (Å²) in [6, 6.07) is 10.5. The maximum absolute atomic E-state index is 12.9. The van der Waals surface area contributed by atoms with Crippen LogP contribution in [0.3, 0.4) is 0 Å². The largest absolute Gasteiger partial charge is 0.441 e. The van der Waals surface area contributed by atoms with Crippen molar-refractivity contribution in [1.29, 1.82) is 0 Å². The van der Waals surface area contributed by atoms with Gasteiger partial charge in [0, 0.05) is 37.2 Å². The molecule has 1 N–H and O–H groups in total. The smallest absolute Gasteiger partial charge is 0.243 e. The minimum atomic E-state index is -3.63. The van der Waals surface area contributed by atoms with Gasteiger partial charge in [-0.25, -0.2) is 13.4 Å². The zero-order valence-electron chi connectivity index (χ0n) is 19.2. The van der Waals surface area contributed by atoms with Gasteiger partial charge >= 0.3 is 0 Å². The Hall–Kier alpha value is -2.68. The number of carbonyl (C=O) groups is 1. The SMILES string of the molecule is CCN(CC)S(=O)(=O)c1cc(C)c(C)c(NC(=O)CCc2ncc(-c3ccccc3Cl)o2)c1. The molecule has 0 spiro atoms. The van der Waals surface area contributed by atoms with Crippen molar-refractivity contribution >= 4 is 33.2 Å². The summed E-state index contributed by atoms with van der Waals surface area (Å²) in [5.74, 6) is 0.704. The fourth-order valence-corrected chi connectivity index (χ4v) is 5.26. The van der Waals surface area contributed by atoms with Crippen molar-refractivity contribution in [2.24, 2.45) is 0 Å².